The number of allylic oxidation sites excluding steroid dienone is 1. The highest BCUT2D eigenvalue weighted by atomic mass is 35.5. The molecule has 2 aliphatic heterocycles. The van der Waals surface area contributed by atoms with Gasteiger partial charge in [-0.25, -0.2) is 15.0 Å². The molecule has 4 heteroatoms. The molecule has 62 valence electrons. The van der Waals surface area contributed by atoms with Crippen molar-refractivity contribution in [2.45, 2.75) is 13.3 Å². The van der Waals surface area contributed by atoms with Gasteiger partial charge in [-0.3, -0.25) is 0 Å². The predicted molar refractivity (Wildman–Crippen MR) is 51.1 cm³/mol. The van der Waals surface area contributed by atoms with Crippen molar-refractivity contribution >= 4 is 29.9 Å². The molecule has 0 aromatic heterocycles. The first-order valence-electron chi connectivity index (χ1n) is 3.87. The second kappa shape index (κ2) is 2.83. The van der Waals surface area contributed by atoms with Crippen LogP contribution in [0.25, 0.3) is 0 Å². The molecule has 0 bridgehead atoms. The Kier molecular flexibility index (Phi) is 1.81. The van der Waals surface area contributed by atoms with E-state index in [0.29, 0.717) is 5.16 Å². The molecule has 1 atom stereocenters. The molecule has 1 unspecified atom stereocenters. The van der Waals surface area contributed by atoms with Crippen LogP contribution in [0, 0.1) is 5.92 Å². The van der Waals surface area contributed by atoms with E-state index in [4.69, 9.17) is 11.6 Å². The molecule has 0 saturated heterocycles. The summed E-state index contributed by atoms with van der Waals surface area (Å²) in [6.07, 6.45) is 4.35. The predicted octanol–water partition coefficient (Wildman–Crippen LogP) is 1.99. The number of rotatable bonds is 1. The van der Waals surface area contributed by atoms with Gasteiger partial charge in [0.05, 0.1) is 5.71 Å². The fraction of sp³-hybridized carbons (Fsp3) is 0.375. The molecule has 12 heavy (non-hydrogen) atoms. The lowest BCUT2D eigenvalue weighted by Crippen LogP contribution is -2.18. The van der Waals surface area contributed by atoms with Gasteiger partial charge >= 0.3 is 0 Å². The van der Waals surface area contributed by atoms with Gasteiger partial charge in [0, 0.05) is 12.1 Å². The molecule has 2 aliphatic rings. The smallest absolute Gasteiger partial charge is 0.156 e. The monoisotopic (exact) mass is 181 g/mol. The van der Waals surface area contributed by atoms with Crippen molar-refractivity contribution in [2.24, 2.45) is 20.9 Å². The molecule has 0 radical (unpaired) electrons. The molecule has 0 aromatic carbocycles. The third kappa shape index (κ3) is 1.01. The minimum Gasteiger partial charge on any atom is -0.246 e. The Labute approximate surface area is 75.6 Å². The Morgan fingerprint density at radius 1 is 1.50 bits per heavy atom. The Balaban J connectivity index is 2.42. The number of aliphatic imine (C=N–C) groups is 3. The van der Waals surface area contributed by atoms with Gasteiger partial charge in [-0.05, 0) is 6.42 Å². The van der Waals surface area contributed by atoms with Crippen LogP contribution in [0.5, 0.6) is 0 Å². The molecule has 0 amide bonds. The van der Waals surface area contributed by atoms with E-state index in [1.165, 1.54) is 6.34 Å². The second-order valence-electron chi connectivity index (χ2n) is 2.69. The van der Waals surface area contributed by atoms with E-state index in [9.17, 15) is 0 Å². The maximum Gasteiger partial charge on any atom is 0.156 e. The van der Waals surface area contributed by atoms with Gasteiger partial charge in [-0.1, -0.05) is 18.5 Å². The highest BCUT2D eigenvalue weighted by Gasteiger charge is 2.24. The van der Waals surface area contributed by atoms with Crippen LogP contribution in [0.15, 0.2) is 25.8 Å². The van der Waals surface area contributed by atoms with E-state index in [-0.39, 0.29) is 5.92 Å². The van der Waals surface area contributed by atoms with E-state index in [1.54, 1.807) is 0 Å². The van der Waals surface area contributed by atoms with Gasteiger partial charge < -0.3 is 0 Å². The van der Waals surface area contributed by atoms with E-state index >= 15 is 0 Å². The first-order chi connectivity index (χ1) is 5.83. The molecule has 2 rings (SSSR count). The summed E-state index contributed by atoms with van der Waals surface area (Å²) in [6, 6.07) is 0. The summed E-state index contributed by atoms with van der Waals surface area (Å²) < 4.78 is 0. The van der Waals surface area contributed by atoms with Gasteiger partial charge in [-0.15, -0.1) is 0 Å². The molecule has 0 spiro atoms. The topological polar surface area (TPSA) is 37.1 Å². The highest BCUT2D eigenvalue weighted by Crippen LogP contribution is 2.26. The maximum absolute atomic E-state index is 5.83. The van der Waals surface area contributed by atoms with Crippen molar-refractivity contribution in [3.05, 3.63) is 10.9 Å². The normalized spacial score (nSPS) is 26.2. The van der Waals surface area contributed by atoms with Crippen molar-refractivity contribution in [3.8, 4) is 0 Å². The lowest BCUT2D eigenvalue weighted by atomic mass is 9.98. The summed E-state index contributed by atoms with van der Waals surface area (Å²) in [5.41, 5.74) is 1.70. The Morgan fingerprint density at radius 3 is 3.08 bits per heavy atom. The third-order valence-electron chi connectivity index (χ3n) is 1.98. The van der Waals surface area contributed by atoms with Gasteiger partial charge in [0.2, 0.25) is 0 Å². The first-order valence-corrected chi connectivity index (χ1v) is 4.25. The standard InChI is InChI=1S/C8H8ClN3/c1-2-5-3-10-8(9)7-6(5)11-4-12-7/h3-5H,2H2,1H3. The molecule has 0 N–H and O–H groups in total. The lowest BCUT2D eigenvalue weighted by Gasteiger charge is -2.14. The molecule has 0 saturated carbocycles. The number of hydrogen-bond acceptors (Lipinski definition) is 3. The van der Waals surface area contributed by atoms with Crippen LogP contribution in [-0.4, -0.2) is 18.3 Å². The number of fused-ring (bicyclic) bond motifs is 1. The molecular formula is C8H8ClN3. The van der Waals surface area contributed by atoms with Crippen molar-refractivity contribution in [1.82, 2.24) is 0 Å². The SMILES string of the molecule is CCC1C=NC(Cl)=C2N=CN=C21. The molecule has 3 nitrogen and oxygen atoms in total. The Bertz CT molecular complexity index is 325. The van der Waals surface area contributed by atoms with Crippen LogP contribution < -0.4 is 0 Å². The fourth-order valence-electron chi connectivity index (χ4n) is 1.29. The van der Waals surface area contributed by atoms with E-state index < -0.39 is 0 Å². The summed E-state index contributed by atoms with van der Waals surface area (Å²) in [7, 11) is 0. The maximum atomic E-state index is 5.83. The zero-order valence-electron chi connectivity index (χ0n) is 6.66. The molecular weight excluding hydrogens is 174 g/mol. The molecule has 0 fully saturated rings. The average Bonchev–Trinajstić information content (AvgIpc) is 2.54. The van der Waals surface area contributed by atoms with Gasteiger partial charge in [-0.2, -0.15) is 0 Å². The van der Waals surface area contributed by atoms with Crippen LogP contribution in [-0.2, 0) is 0 Å². The van der Waals surface area contributed by atoms with Crippen molar-refractivity contribution in [1.29, 1.82) is 0 Å². The van der Waals surface area contributed by atoms with Crippen LogP contribution in [0.2, 0.25) is 0 Å². The Hall–Kier alpha value is -0.960. The van der Waals surface area contributed by atoms with Crippen molar-refractivity contribution < 1.29 is 0 Å². The van der Waals surface area contributed by atoms with Gasteiger partial charge in [0.15, 0.2) is 5.16 Å². The van der Waals surface area contributed by atoms with Crippen LogP contribution in [0.4, 0.5) is 0 Å². The third-order valence-corrected chi connectivity index (χ3v) is 2.26. The van der Waals surface area contributed by atoms with Gasteiger partial charge in [0.25, 0.3) is 0 Å². The zero-order valence-corrected chi connectivity index (χ0v) is 7.41. The van der Waals surface area contributed by atoms with E-state index in [1.807, 2.05) is 6.21 Å². The summed E-state index contributed by atoms with van der Waals surface area (Å²) in [5.74, 6) is 0.282. The van der Waals surface area contributed by atoms with Crippen molar-refractivity contribution in [2.75, 3.05) is 0 Å². The van der Waals surface area contributed by atoms with Crippen LogP contribution in [0.1, 0.15) is 13.3 Å². The first kappa shape index (κ1) is 7.68. The second-order valence-corrected chi connectivity index (χ2v) is 3.05. The lowest BCUT2D eigenvalue weighted by molar-refractivity contribution is 0.865. The quantitative estimate of drug-likeness (QED) is 0.555. The minimum absolute atomic E-state index is 0.282. The van der Waals surface area contributed by atoms with Gasteiger partial charge in [0.1, 0.15) is 12.0 Å². The summed E-state index contributed by atoms with van der Waals surface area (Å²) in [5, 5.41) is 0.451. The van der Waals surface area contributed by atoms with Crippen molar-refractivity contribution in [3.63, 3.8) is 0 Å². The minimum atomic E-state index is 0.282. The fourth-order valence-corrected chi connectivity index (χ4v) is 1.49. The molecule has 0 aliphatic carbocycles. The summed E-state index contributed by atoms with van der Waals surface area (Å²) >= 11 is 5.83. The van der Waals surface area contributed by atoms with Crippen LogP contribution in [0.3, 0.4) is 0 Å². The average molecular weight is 182 g/mol. The largest absolute Gasteiger partial charge is 0.246 e. The summed E-state index contributed by atoms with van der Waals surface area (Å²) in [6.45, 7) is 2.09. The van der Waals surface area contributed by atoms with E-state index in [0.717, 1.165) is 17.8 Å². The molecule has 0 aromatic rings. The number of nitrogens with zero attached hydrogens (tertiary/aromatic N) is 3. The highest BCUT2D eigenvalue weighted by molar-refractivity contribution is 6.35. The summed E-state index contributed by atoms with van der Waals surface area (Å²) in [4.78, 5) is 12.2. The molecule has 2 heterocycles. The Morgan fingerprint density at radius 2 is 2.33 bits per heavy atom. The van der Waals surface area contributed by atoms with Crippen LogP contribution >= 0.6 is 11.6 Å². The van der Waals surface area contributed by atoms with E-state index in [2.05, 4.69) is 21.9 Å². The number of hydrogen-bond donors (Lipinski definition) is 0. The number of halogens is 1. The zero-order chi connectivity index (χ0) is 8.55.